The van der Waals surface area contributed by atoms with Gasteiger partial charge in [0.15, 0.2) is 5.16 Å². The van der Waals surface area contributed by atoms with E-state index < -0.39 is 0 Å². The molecule has 2 aromatic carbocycles. The topological polar surface area (TPSA) is 34.9 Å². The molecule has 24 heavy (non-hydrogen) atoms. The third-order valence-electron chi connectivity index (χ3n) is 3.35. The van der Waals surface area contributed by atoms with Crippen molar-refractivity contribution in [2.45, 2.75) is 5.16 Å². The third-order valence-corrected chi connectivity index (χ3v) is 4.28. The summed E-state index contributed by atoms with van der Waals surface area (Å²) in [6.45, 7) is 3.70. The highest BCUT2D eigenvalue weighted by molar-refractivity contribution is 7.99. The number of hydrogen-bond acceptors (Lipinski definition) is 3. The molecule has 0 bridgehead atoms. The van der Waals surface area contributed by atoms with Crippen LogP contribution in [0, 0.1) is 5.82 Å². The molecule has 0 spiro atoms. The average Bonchev–Trinajstić information content (AvgIpc) is 2.96. The van der Waals surface area contributed by atoms with Crippen molar-refractivity contribution in [3.63, 3.8) is 0 Å². The molecule has 0 aliphatic rings. The molecule has 3 rings (SSSR count). The number of rotatable bonds is 5. The Bertz CT molecular complexity index is 930. The molecule has 0 N–H and O–H groups in total. The number of carbonyl (C=O) groups excluding carboxylic acids is 1. The van der Waals surface area contributed by atoms with Gasteiger partial charge in [-0.25, -0.2) is 9.37 Å². The van der Waals surface area contributed by atoms with E-state index in [1.54, 1.807) is 28.9 Å². The molecule has 1 heterocycles. The van der Waals surface area contributed by atoms with E-state index in [9.17, 15) is 9.18 Å². The highest BCUT2D eigenvalue weighted by Gasteiger charge is 2.14. The van der Waals surface area contributed by atoms with Gasteiger partial charge in [0.2, 0.25) is 0 Å². The standard InChI is InChI=1S/C19H15FN2OS/c1-2-12-24-19-21-16-8-3-4-9-17(16)22(19)18(23)11-10-14-6-5-7-15(20)13-14/h2-11,13H,1,12H2/b11-10+. The van der Waals surface area contributed by atoms with Crippen LogP contribution in [0.15, 0.2) is 72.4 Å². The Morgan fingerprint density at radius 3 is 2.88 bits per heavy atom. The predicted octanol–water partition coefficient (Wildman–Crippen LogP) is 4.81. The Morgan fingerprint density at radius 2 is 2.08 bits per heavy atom. The molecule has 0 aliphatic carbocycles. The molecule has 0 fully saturated rings. The summed E-state index contributed by atoms with van der Waals surface area (Å²) >= 11 is 1.44. The van der Waals surface area contributed by atoms with Crippen LogP contribution in [-0.4, -0.2) is 21.2 Å². The maximum absolute atomic E-state index is 13.2. The van der Waals surface area contributed by atoms with Crippen molar-refractivity contribution in [1.82, 2.24) is 9.55 Å². The lowest BCUT2D eigenvalue weighted by atomic mass is 10.2. The predicted molar refractivity (Wildman–Crippen MR) is 96.7 cm³/mol. The van der Waals surface area contributed by atoms with Crippen molar-refractivity contribution in [3.8, 4) is 0 Å². The van der Waals surface area contributed by atoms with E-state index in [2.05, 4.69) is 11.6 Å². The smallest absolute Gasteiger partial charge is 0.257 e. The molecule has 0 saturated carbocycles. The second-order valence-corrected chi connectivity index (χ2v) is 6.03. The van der Waals surface area contributed by atoms with Gasteiger partial charge in [-0.2, -0.15) is 0 Å². The summed E-state index contributed by atoms with van der Waals surface area (Å²) in [6, 6.07) is 13.6. The van der Waals surface area contributed by atoms with Gasteiger partial charge in [-0.3, -0.25) is 9.36 Å². The maximum atomic E-state index is 13.2. The monoisotopic (exact) mass is 338 g/mol. The zero-order valence-corrected chi connectivity index (χ0v) is 13.7. The molecule has 0 unspecified atom stereocenters. The Kier molecular flexibility index (Phi) is 4.91. The fourth-order valence-electron chi connectivity index (χ4n) is 2.30. The molecular formula is C19H15FN2OS. The number of halogens is 1. The number of para-hydroxylation sites is 2. The lowest BCUT2D eigenvalue weighted by molar-refractivity contribution is 0.0965. The van der Waals surface area contributed by atoms with Gasteiger partial charge in [0.1, 0.15) is 5.82 Å². The van der Waals surface area contributed by atoms with Gasteiger partial charge in [0.25, 0.3) is 5.91 Å². The number of imidazole rings is 1. The molecule has 0 atom stereocenters. The van der Waals surface area contributed by atoms with Crippen LogP contribution in [0.5, 0.6) is 0 Å². The molecule has 0 radical (unpaired) electrons. The summed E-state index contributed by atoms with van der Waals surface area (Å²) < 4.78 is 14.8. The third kappa shape index (κ3) is 3.46. The summed E-state index contributed by atoms with van der Waals surface area (Å²) in [5, 5.41) is 0.616. The Labute approximate surface area is 143 Å². The van der Waals surface area contributed by atoms with Crippen LogP contribution in [0.4, 0.5) is 4.39 Å². The molecular weight excluding hydrogens is 323 g/mol. The summed E-state index contributed by atoms with van der Waals surface area (Å²) in [5.41, 5.74) is 2.14. The first-order valence-corrected chi connectivity index (χ1v) is 8.37. The molecule has 0 amide bonds. The van der Waals surface area contributed by atoms with Crippen LogP contribution < -0.4 is 0 Å². The van der Waals surface area contributed by atoms with E-state index in [-0.39, 0.29) is 11.7 Å². The molecule has 0 aliphatic heterocycles. The Morgan fingerprint density at radius 1 is 1.25 bits per heavy atom. The molecule has 5 heteroatoms. The van der Waals surface area contributed by atoms with E-state index >= 15 is 0 Å². The largest absolute Gasteiger partial charge is 0.269 e. The van der Waals surface area contributed by atoms with Crippen LogP contribution >= 0.6 is 11.8 Å². The highest BCUT2D eigenvalue weighted by atomic mass is 32.2. The summed E-state index contributed by atoms with van der Waals surface area (Å²) in [6.07, 6.45) is 4.80. The normalized spacial score (nSPS) is 11.2. The molecule has 3 nitrogen and oxygen atoms in total. The number of nitrogens with zero attached hydrogens (tertiary/aromatic N) is 2. The fourth-order valence-corrected chi connectivity index (χ4v) is 3.05. The first-order valence-electron chi connectivity index (χ1n) is 7.38. The number of fused-ring (bicyclic) bond motifs is 1. The van der Waals surface area contributed by atoms with Gasteiger partial charge < -0.3 is 0 Å². The molecule has 120 valence electrons. The number of hydrogen-bond donors (Lipinski definition) is 0. The summed E-state index contributed by atoms with van der Waals surface area (Å²) in [7, 11) is 0. The van der Waals surface area contributed by atoms with Crippen molar-refractivity contribution in [1.29, 1.82) is 0 Å². The van der Waals surface area contributed by atoms with E-state index in [0.29, 0.717) is 16.5 Å². The Balaban J connectivity index is 1.97. The van der Waals surface area contributed by atoms with Crippen molar-refractivity contribution >= 4 is 34.8 Å². The summed E-state index contributed by atoms with van der Waals surface area (Å²) in [5.74, 6) is 0.101. The van der Waals surface area contributed by atoms with Crippen molar-refractivity contribution in [2.75, 3.05) is 5.75 Å². The van der Waals surface area contributed by atoms with Crippen molar-refractivity contribution in [3.05, 3.63) is 78.6 Å². The van der Waals surface area contributed by atoms with Gasteiger partial charge in [-0.15, -0.1) is 6.58 Å². The minimum absolute atomic E-state index is 0.223. The van der Waals surface area contributed by atoms with Crippen LogP contribution in [0.3, 0.4) is 0 Å². The number of aromatic nitrogens is 2. The van der Waals surface area contributed by atoms with E-state index in [4.69, 9.17) is 0 Å². The second-order valence-electron chi connectivity index (χ2n) is 5.04. The molecule has 3 aromatic rings. The van der Waals surface area contributed by atoms with Crippen LogP contribution in [-0.2, 0) is 0 Å². The number of allylic oxidation sites excluding steroid dienone is 1. The van der Waals surface area contributed by atoms with Crippen molar-refractivity contribution in [2.24, 2.45) is 0 Å². The van der Waals surface area contributed by atoms with Crippen LogP contribution in [0.25, 0.3) is 17.1 Å². The second kappa shape index (κ2) is 7.27. The van der Waals surface area contributed by atoms with E-state index in [1.807, 2.05) is 24.3 Å². The zero-order valence-electron chi connectivity index (χ0n) is 12.9. The minimum atomic E-state index is -0.333. The number of benzene rings is 2. The fraction of sp³-hybridized carbons (Fsp3) is 0.0526. The lowest BCUT2D eigenvalue weighted by Crippen LogP contribution is -2.08. The molecule has 0 saturated heterocycles. The lowest BCUT2D eigenvalue weighted by Gasteiger charge is -2.03. The number of carbonyl (C=O) groups is 1. The average molecular weight is 338 g/mol. The number of thioether (sulfide) groups is 1. The zero-order chi connectivity index (χ0) is 16.9. The van der Waals surface area contributed by atoms with E-state index in [0.717, 1.165) is 11.0 Å². The first-order chi connectivity index (χ1) is 11.7. The van der Waals surface area contributed by atoms with Crippen LogP contribution in [0.2, 0.25) is 0 Å². The van der Waals surface area contributed by atoms with Crippen molar-refractivity contribution < 1.29 is 9.18 Å². The Hall–Kier alpha value is -2.66. The van der Waals surface area contributed by atoms with Crippen LogP contribution in [0.1, 0.15) is 10.4 Å². The highest BCUT2D eigenvalue weighted by Crippen LogP contribution is 2.24. The summed E-state index contributed by atoms with van der Waals surface area (Å²) in [4.78, 5) is 17.2. The van der Waals surface area contributed by atoms with Gasteiger partial charge in [0, 0.05) is 11.8 Å². The van der Waals surface area contributed by atoms with Gasteiger partial charge in [-0.1, -0.05) is 42.1 Å². The maximum Gasteiger partial charge on any atom is 0.257 e. The molecule has 1 aromatic heterocycles. The SMILES string of the molecule is C=CCSc1nc2ccccc2n1C(=O)/C=C/c1cccc(F)c1. The van der Waals surface area contributed by atoms with Gasteiger partial charge in [-0.05, 0) is 35.9 Å². The quantitative estimate of drug-likeness (QED) is 0.380. The van der Waals surface area contributed by atoms with E-state index in [1.165, 1.54) is 30.0 Å². The minimum Gasteiger partial charge on any atom is -0.269 e. The van der Waals surface area contributed by atoms with Gasteiger partial charge in [0.05, 0.1) is 11.0 Å². The first kappa shape index (κ1) is 16.2. The van der Waals surface area contributed by atoms with Gasteiger partial charge >= 0.3 is 0 Å².